The molecule has 1 aromatic rings. The van der Waals surface area contributed by atoms with Gasteiger partial charge in [0.05, 0.1) is 6.04 Å². The van der Waals surface area contributed by atoms with Gasteiger partial charge >= 0.3 is 18.1 Å². The molecule has 10 heteroatoms. The average molecular weight is 281 g/mol. The SMILES string of the molecule is O=C(O)C(F)(F)F.O=C(O)c1ccnn1C1CNC1. The Morgan fingerprint density at radius 3 is 2.21 bits per heavy atom. The highest BCUT2D eigenvalue weighted by Gasteiger charge is 2.38. The van der Waals surface area contributed by atoms with E-state index in [1.54, 1.807) is 4.68 Å². The van der Waals surface area contributed by atoms with E-state index in [4.69, 9.17) is 15.0 Å². The van der Waals surface area contributed by atoms with Crippen molar-refractivity contribution in [1.82, 2.24) is 15.1 Å². The van der Waals surface area contributed by atoms with Gasteiger partial charge in [-0.3, -0.25) is 4.68 Å². The molecule has 7 nitrogen and oxygen atoms in total. The molecular formula is C9H10F3N3O4. The van der Waals surface area contributed by atoms with Gasteiger partial charge in [0.15, 0.2) is 0 Å². The first-order chi connectivity index (χ1) is 8.73. The quantitative estimate of drug-likeness (QED) is 0.723. The fourth-order valence-electron chi connectivity index (χ4n) is 1.22. The number of nitrogens with zero attached hydrogens (tertiary/aromatic N) is 2. The molecule has 1 fully saturated rings. The summed E-state index contributed by atoms with van der Waals surface area (Å²) in [7, 11) is 0. The number of hydrogen-bond acceptors (Lipinski definition) is 4. The molecule has 0 radical (unpaired) electrons. The van der Waals surface area contributed by atoms with Gasteiger partial charge in [-0.15, -0.1) is 0 Å². The van der Waals surface area contributed by atoms with Crippen molar-refractivity contribution in [3.8, 4) is 0 Å². The van der Waals surface area contributed by atoms with Crippen LogP contribution in [-0.2, 0) is 4.79 Å². The topological polar surface area (TPSA) is 104 Å². The zero-order chi connectivity index (χ0) is 14.6. The predicted molar refractivity (Wildman–Crippen MR) is 54.8 cm³/mol. The molecule has 3 N–H and O–H groups in total. The maximum absolute atomic E-state index is 10.6. The van der Waals surface area contributed by atoms with Crippen LogP contribution in [0.4, 0.5) is 13.2 Å². The summed E-state index contributed by atoms with van der Waals surface area (Å²) in [4.78, 5) is 19.5. The first kappa shape index (κ1) is 15.0. The Balaban J connectivity index is 0.000000224. The Morgan fingerprint density at radius 1 is 1.37 bits per heavy atom. The largest absolute Gasteiger partial charge is 0.490 e. The Hall–Kier alpha value is -2.10. The Labute approximate surface area is 104 Å². The van der Waals surface area contributed by atoms with Crippen molar-refractivity contribution in [2.75, 3.05) is 13.1 Å². The van der Waals surface area contributed by atoms with E-state index in [-0.39, 0.29) is 11.7 Å². The molecule has 0 atom stereocenters. The maximum atomic E-state index is 10.6. The summed E-state index contributed by atoms with van der Waals surface area (Å²) in [6.07, 6.45) is -3.57. The smallest absolute Gasteiger partial charge is 0.477 e. The van der Waals surface area contributed by atoms with E-state index in [1.807, 2.05) is 0 Å². The van der Waals surface area contributed by atoms with Crippen LogP contribution in [0.2, 0.25) is 0 Å². The van der Waals surface area contributed by atoms with Crippen LogP contribution in [-0.4, -0.2) is 51.2 Å². The van der Waals surface area contributed by atoms with E-state index in [9.17, 15) is 18.0 Å². The summed E-state index contributed by atoms with van der Waals surface area (Å²) in [6.45, 7) is 1.61. The van der Waals surface area contributed by atoms with Crippen molar-refractivity contribution < 1.29 is 33.0 Å². The number of carboxylic acids is 2. The van der Waals surface area contributed by atoms with Crippen molar-refractivity contribution >= 4 is 11.9 Å². The number of aromatic carboxylic acids is 1. The number of aliphatic carboxylic acids is 1. The lowest BCUT2D eigenvalue weighted by molar-refractivity contribution is -0.192. The molecule has 0 amide bonds. The number of nitrogens with one attached hydrogen (secondary N) is 1. The predicted octanol–water partition coefficient (Wildman–Crippen LogP) is 0.359. The van der Waals surface area contributed by atoms with Crippen LogP contribution in [0.1, 0.15) is 16.5 Å². The molecule has 0 bridgehead atoms. The summed E-state index contributed by atoms with van der Waals surface area (Å²) >= 11 is 0. The molecular weight excluding hydrogens is 271 g/mol. The first-order valence-corrected chi connectivity index (χ1v) is 5.01. The summed E-state index contributed by atoms with van der Waals surface area (Å²) in [5.41, 5.74) is 0.265. The molecule has 1 saturated heterocycles. The van der Waals surface area contributed by atoms with Crippen LogP contribution in [0, 0.1) is 0 Å². The van der Waals surface area contributed by atoms with Crippen LogP contribution in [0.25, 0.3) is 0 Å². The highest BCUT2D eigenvalue weighted by Crippen LogP contribution is 2.13. The van der Waals surface area contributed by atoms with Crippen LogP contribution >= 0.6 is 0 Å². The third-order valence-electron chi connectivity index (χ3n) is 2.24. The minimum absolute atomic E-state index is 0.214. The van der Waals surface area contributed by atoms with Gasteiger partial charge in [0.25, 0.3) is 0 Å². The van der Waals surface area contributed by atoms with Crippen molar-refractivity contribution in [2.45, 2.75) is 12.2 Å². The van der Waals surface area contributed by atoms with Crippen LogP contribution < -0.4 is 5.32 Å². The summed E-state index contributed by atoms with van der Waals surface area (Å²) in [5, 5.41) is 22.9. The zero-order valence-corrected chi connectivity index (χ0v) is 9.39. The summed E-state index contributed by atoms with van der Waals surface area (Å²) in [5.74, 6) is -3.67. The minimum Gasteiger partial charge on any atom is -0.477 e. The fraction of sp³-hybridized carbons (Fsp3) is 0.444. The average Bonchev–Trinajstić information content (AvgIpc) is 2.63. The lowest BCUT2D eigenvalue weighted by Gasteiger charge is -2.28. The molecule has 19 heavy (non-hydrogen) atoms. The summed E-state index contributed by atoms with van der Waals surface area (Å²) < 4.78 is 33.3. The molecule has 106 valence electrons. The van der Waals surface area contributed by atoms with Crippen LogP contribution in [0.3, 0.4) is 0 Å². The second kappa shape index (κ2) is 5.69. The van der Waals surface area contributed by atoms with Crippen molar-refractivity contribution in [3.63, 3.8) is 0 Å². The van der Waals surface area contributed by atoms with E-state index in [2.05, 4.69) is 10.4 Å². The molecule has 0 aliphatic carbocycles. The summed E-state index contributed by atoms with van der Waals surface area (Å²) in [6, 6.07) is 1.73. The maximum Gasteiger partial charge on any atom is 0.490 e. The molecule has 0 spiro atoms. The molecule has 1 aliphatic heterocycles. The van der Waals surface area contributed by atoms with Gasteiger partial charge < -0.3 is 15.5 Å². The van der Waals surface area contributed by atoms with E-state index in [1.165, 1.54) is 12.3 Å². The molecule has 1 aliphatic rings. The molecule has 0 unspecified atom stereocenters. The van der Waals surface area contributed by atoms with Gasteiger partial charge in [-0.2, -0.15) is 18.3 Å². The number of aromatic nitrogens is 2. The molecule has 1 aromatic heterocycles. The van der Waals surface area contributed by atoms with Gasteiger partial charge in [-0.1, -0.05) is 0 Å². The number of carboxylic acid groups (broad SMARTS) is 2. The number of rotatable bonds is 2. The van der Waals surface area contributed by atoms with Crippen molar-refractivity contribution in [1.29, 1.82) is 0 Å². The third kappa shape index (κ3) is 3.95. The van der Waals surface area contributed by atoms with Gasteiger partial charge in [-0.25, -0.2) is 9.59 Å². The standard InChI is InChI=1S/C7H9N3O2.C2HF3O2/c11-7(12)6-1-2-9-10(6)5-3-8-4-5;3-2(4,5)1(6)7/h1-2,5,8H,3-4H2,(H,11,12);(H,6,7). The highest BCUT2D eigenvalue weighted by atomic mass is 19.4. The van der Waals surface area contributed by atoms with E-state index < -0.39 is 18.1 Å². The van der Waals surface area contributed by atoms with Gasteiger partial charge in [0.2, 0.25) is 0 Å². The van der Waals surface area contributed by atoms with E-state index in [0.29, 0.717) is 0 Å². The van der Waals surface area contributed by atoms with Crippen LogP contribution in [0.15, 0.2) is 12.3 Å². The molecule has 2 heterocycles. The molecule has 2 rings (SSSR count). The normalized spacial score (nSPS) is 15.1. The number of halogens is 3. The Kier molecular flexibility index (Phi) is 4.48. The number of hydrogen-bond donors (Lipinski definition) is 3. The lowest BCUT2D eigenvalue weighted by Crippen LogP contribution is -2.44. The fourth-order valence-corrected chi connectivity index (χ4v) is 1.22. The molecule has 0 aromatic carbocycles. The zero-order valence-electron chi connectivity index (χ0n) is 9.39. The molecule has 0 saturated carbocycles. The highest BCUT2D eigenvalue weighted by molar-refractivity contribution is 5.85. The first-order valence-electron chi connectivity index (χ1n) is 5.01. The Morgan fingerprint density at radius 2 is 1.89 bits per heavy atom. The van der Waals surface area contributed by atoms with E-state index in [0.717, 1.165) is 13.1 Å². The van der Waals surface area contributed by atoms with Crippen molar-refractivity contribution in [3.05, 3.63) is 18.0 Å². The second-order valence-electron chi connectivity index (χ2n) is 3.58. The number of carbonyl (C=O) groups is 2. The third-order valence-corrected chi connectivity index (χ3v) is 2.24. The monoisotopic (exact) mass is 281 g/mol. The van der Waals surface area contributed by atoms with E-state index >= 15 is 0 Å². The van der Waals surface area contributed by atoms with Gasteiger partial charge in [-0.05, 0) is 6.07 Å². The van der Waals surface area contributed by atoms with Crippen LogP contribution in [0.5, 0.6) is 0 Å². The minimum atomic E-state index is -5.08. The second-order valence-corrected chi connectivity index (χ2v) is 3.58. The van der Waals surface area contributed by atoms with Gasteiger partial charge in [0.1, 0.15) is 5.69 Å². The number of alkyl halides is 3. The van der Waals surface area contributed by atoms with Crippen molar-refractivity contribution in [2.24, 2.45) is 0 Å². The Bertz CT molecular complexity index is 468. The van der Waals surface area contributed by atoms with Gasteiger partial charge in [0, 0.05) is 19.3 Å². The lowest BCUT2D eigenvalue weighted by atomic mass is 10.2.